The van der Waals surface area contributed by atoms with Gasteiger partial charge < -0.3 is 4.57 Å². The molecule has 1 fully saturated rings. The Morgan fingerprint density at radius 2 is 1.88 bits per heavy atom. The zero-order valence-electron chi connectivity index (χ0n) is 14.5. The van der Waals surface area contributed by atoms with Crippen molar-refractivity contribution in [3.05, 3.63) is 47.5 Å². The highest BCUT2D eigenvalue weighted by molar-refractivity contribution is 7.88. The molecule has 2 unspecified atom stereocenters. The molecule has 2 aromatic rings. The minimum absolute atomic E-state index is 0.0126. The number of hydrogen-bond acceptors (Lipinski definition) is 4. The maximum absolute atomic E-state index is 13.1. The van der Waals surface area contributed by atoms with Gasteiger partial charge in [0.2, 0.25) is 10.0 Å². The summed E-state index contributed by atoms with van der Waals surface area (Å²) in [5.41, 5.74) is 0.845. The third-order valence-corrected chi connectivity index (χ3v) is 7.19. The van der Waals surface area contributed by atoms with Crippen LogP contribution in [-0.4, -0.2) is 39.6 Å². The van der Waals surface area contributed by atoms with E-state index in [1.165, 1.54) is 0 Å². The monoisotopic (exact) mass is 360 g/mol. The van der Waals surface area contributed by atoms with Crippen molar-refractivity contribution in [2.45, 2.75) is 63.4 Å². The van der Waals surface area contributed by atoms with Crippen LogP contribution in [0.2, 0.25) is 0 Å². The number of hydrogen-bond donors (Lipinski definition) is 0. The Balaban J connectivity index is 1.62. The third kappa shape index (κ3) is 3.11. The van der Waals surface area contributed by atoms with Gasteiger partial charge in [-0.3, -0.25) is 0 Å². The molecule has 0 spiro atoms. The Kier molecular flexibility index (Phi) is 4.37. The van der Waals surface area contributed by atoms with E-state index in [0.29, 0.717) is 13.0 Å². The lowest BCUT2D eigenvalue weighted by Crippen LogP contribution is -2.42. The average molecular weight is 360 g/mol. The van der Waals surface area contributed by atoms with Crippen molar-refractivity contribution in [1.29, 1.82) is 0 Å². The summed E-state index contributed by atoms with van der Waals surface area (Å²) in [6, 6.07) is 9.48. The molecule has 2 atom stereocenters. The van der Waals surface area contributed by atoms with E-state index < -0.39 is 10.0 Å². The van der Waals surface area contributed by atoms with Gasteiger partial charge in [0.1, 0.15) is 11.6 Å². The van der Waals surface area contributed by atoms with Gasteiger partial charge in [-0.1, -0.05) is 37.3 Å². The number of aromatic nitrogens is 3. The van der Waals surface area contributed by atoms with Gasteiger partial charge in [-0.05, 0) is 24.8 Å². The summed E-state index contributed by atoms with van der Waals surface area (Å²) in [4.78, 5) is 0. The van der Waals surface area contributed by atoms with Crippen LogP contribution in [0.25, 0.3) is 0 Å². The van der Waals surface area contributed by atoms with Crippen LogP contribution in [0.15, 0.2) is 30.3 Å². The Bertz CT molecular complexity index is 847. The Morgan fingerprint density at radius 1 is 1.12 bits per heavy atom. The second-order valence-electron chi connectivity index (χ2n) is 7.05. The van der Waals surface area contributed by atoms with Crippen LogP contribution in [0.1, 0.15) is 43.4 Å². The first-order valence-corrected chi connectivity index (χ1v) is 10.7. The van der Waals surface area contributed by atoms with E-state index in [-0.39, 0.29) is 17.8 Å². The quantitative estimate of drug-likeness (QED) is 0.819. The topological polar surface area (TPSA) is 68.1 Å². The van der Waals surface area contributed by atoms with Crippen molar-refractivity contribution in [1.82, 2.24) is 19.1 Å². The Hall–Kier alpha value is -1.73. The van der Waals surface area contributed by atoms with Crippen molar-refractivity contribution < 1.29 is 8.42 Å². The van der Waals surface area contributed by atoms with Crippen molar-refractivity contribution in [3.63, 3.8) is 0 Å². The first kappa shape index (κ1) is 16.7. The first-order valence-electron chi connectivity index (χ1n) is 9.04. The molecule has 0 radical (unpaired) electrons. The first-order chi connectivity index (χ1) is 12.1. The standard InChI is InChI=1S/C18H24N4O2S/c1-2-6-17-19-20-18-11-15-9-10-16(12-21(17)18)22(15)25(23,24)13-14-7-4-3-5-8-14/h3-5,7-8,15-16H,2,6,9-13H2,1H3. The highest BCUT2D eigenvalue weighted by Crippen LogP contribution is 2.35. The fourth-order valence-corrected chi connectivity index (χ4v) is 6.20. The third-order valence-electron chi connectivity index (χ3n) is 5.26. The number of benzene rings is 1. The van der Waals surface area contributed by atoms with Crippen molar-refractivity contribution in [3.8, 4) is 0 Å². The molecule has 7 heteroatoms. The highest BCUT2D eigenvalue weighted by atomic mass is 32.2. The molecule has 6 nitrogen and oxygen atoms in total. The van der Waals surface area contributed by atoms with Gasteiger partial charge in [0.05, 0.1) is 5.75 Å². The van der Waals surface area contributed by atoms with Crippen LogP contribution in [0.3, 0.4) is 0 Å². The number of aryl methyl sites for hydroxylation is 1. The Morgan fingerprint density at radius 3 is 2.64 bits per heavy atom. The Labute approximate surface area is 148 Å². The molecule has 2 aliphatic heterocycles. The lowest BCUT2D eigenvalue weighted by Gasteiger charge is -2.27. The summed E-state index contributed by atoms with van der Waals surface area (Å²) in [5.74, 6) is 2.00. The van der Waals surface area contributed by atoms with E-state index >= 15 is 0 Å². The summed E-state index contributed by atoms with van der Waals surface area (Å²) in [6.45, 7) is 2.81. The van der Waals surface area contributed by atoms with E-state index in [9.17, 15) is 8.42 Å². The number of fused-ring (bicyclic) bond motifs is 3. The molecule has 134 valence electrons. The summed E-state index contributed by atoms with van der Waals surface area (Å²) in [7, 11) is -3.34. The van der Waals surface area contributed by atoms with E-state index in [1.54, 1.807) is 4.31 Å². The zero-order valence-corrected chi connectivity index (χ0v) is 15.3. The van der Waals surface area contributed by atoms with Crippen LogP contribution in [0, 0.1) is 0 Å². The SMILES string of the molecule is CCCc1nnc2n1CC1CCC(C2)N1S(=O)(=O)Cc1ccccc1. The fraction of sp³-hybridized carbons (Fsp3) is 0.556. The van der Waals surface area contributed by atoms with Gasteiger partial charge in [-0.25, -0.2) is 8.42 Å². The van der Waals surface area contributed by atoms with E-state index in [4.69, 9.17) is 0 Å². The summed E-state index contributed by atoms with van der Waals surface area (Å²) in [5, 5.41) is 8.67. The van der Waals surface area contributed by atoms with Crippen LogP contribution in [0.5, 0.6) is 0 Å². The molecule has 0 N–H and O–H groups in total. The normalized spacial score (nSPS) is 23.4. The van der Waals surface area contributed by atoms with Crippen LogP contribution >= 0.6 is 0 Å². The zero-order chi connectivity index (χ0) is 17.4. The summed E-state index contributed by atoms with van der Waals surface area (Å²) < 4.78 is 30.2. The predicted octanol–water partition coefficient (Wildman–Crippen LogP) is 2.15. The van der Waals surface area contributed by atoms with Crippen molar-refractivity contribution >= 4 is 10.0 Å². The smallest absolute Gasteiger partial charge is 0.218 e. The maximum atomic E-state index is 13.1. The van der Waals surface area contributed by atoms with Crippen LogP contribution < -0.4 is 0 Å². The lowest BCUT2D eigenvalue weighted by atomic mass is 10.1. The molecular formula is C18H24N4O2S. The second kappa shape index (κ2) is 6.53. The molecule has 0 saturated carbocycles. The van der Waals surface area contributed by atoms with Gasteiger partial charge in [-0.15, -0.1) is 10.2 Å². The van der Waals surface area contributed by atoms with E-state index in [0.717, 1.165) is 42.9 Å². The van der Waals surface area contributed by atoms with Crippen molar-refractivity contribution in [2.75, 3.05) is 0 Å². The van der Waals surface area contributed by atoms with Gasteiger partial charge in [-0.2, -0.15) is 4.31 Å². The molecular weight excluding hydrogens is 336 g/mol. The number of sulfonamides is 1. The predicted molar refractivity (Wildman–Crippen MR) is 95.4 cm³/mol. The number of nitrogens with zero attached hydrogens (tertiary/aromatic N) is 4. The minimum Gasteiger partial charge on any atom is -0.313 e. The molecule has 0 amide bonds. The van der Waals surface area contributed by atoms with Gasteiger partial charge in [0.15, 0.2) is 0 Å². The second-order valence-corrected chi connectivity index (χ2v) is 8.93. The number of rotatable bonds is 5. The molecule has 1 aromatic heterocycles. The van der Waals surface area contributed by atoms with Crippen LogP contribution in [0.4, 0.5) is 0 Å². The molecule has 25 heavy (non-hydrogen) atoms. The van der Waals surface area contributed by atoms with E-state index in [2.05, 4.69) is 21.7 Å². The molecule has 3 heterocycles. The van der Waals surface area contributed by atoms with Gasteiger partial charge in [0, 0.05) is 31.5 Å². The highest BCUT2D eigenvalue weighted by Gasteiger charge is 2.44. The minimum atomic E-state index is -3.34. The molecule has 2 bridgehead atoms. The van der Waals surface area contributed by atoms with E-state index in [1.807, 2.05) is 30.3 Å². The molecule has 0 aliphatic carbocycles. The summed E-state index contributed by atoms with van der Waals surface area (Å²) >= 11 is 0. The molecule has 2 aliphatic rings. The lowest BCUT2D eigenvalue weighted by molar-refractivity contribution is 0.313. The van der Waals surface area contributed by atoms with Gasteiger partial charge >= 0.3 is 0 Å². The maximum Gasteiger partial charge on any atom is 0.218 e. The molecule has 4 rings (SSSR count). The van der Waals surface area contributed by atoms with Gasteiger partial charge in [0.25, 0.3) is 0 Å². The fourth-order valence-electron chi connectivity index (χ4n) is 4.18. The summed E-state index contributed by atoms with van der Waals surface area (Å²) in [6.07, 6.45) is 4.40. The average Bonchev–Trinajstić information content (AvgIpc) is 3.09. The molecule has 1 aromatic carbocycles. The molecule has 1 saturated heterocycles. The largest absolute Gasteiger partial charge is 0.313 e. The van der Waals surface area contributed by atoms with Crippen molar-refractivity contribution in [2.24, 2.45) is 0 Å². The van der Waals surface area contributed by atoms with Crippen LogP contribution in [-0.2, 0) is 35.2 Å².